The normalized spacial score (nSPS) is 16.5. The van der Waals surface area contributed by atoms with Crippen LogP contribution >= 0.6 is 0 Å². The smallest absolute Gasteiger partial charge is 0.303 e. The molecule has 0 radical (unpaired) electrons. The molecule has 9 nitrogen and oxygen atoms in total. The fraction of sp³-hybridized carbons (Fsp3) is 0.688. The van der Waals surface area contributed by atoms with Gasteiger partial charge in [-0.3, -0.25) is 9.59 Å². The Bertz CT molecular complexity index is 731. The summed E-state index contributed by atoms with van der Waals surface area (Å²) in [5.41, 5.74) is 0.337. The molecule has 2 heterocycles. The SMILES string of the molecule is Cc1noc(C)c1S(=O)(=O)N1CCC(C(=O)NCCCCC(=O)O)CC1. The van der Waals surface area contributed by atoms with Crippen molar-refractivity contribution in [3.63, 3.8) is 0 Å². The Labute approximate surface area is 152 Å². The molecule has 0 bridgehead atoms. The van der Waals surface area contributed by atoms with Crippen molar-refractivity contribution in [1.29, 1.82) is 0 Å². The Morgan fingerprint density at radius 1 is 1.27 bits per heavy atom. The molecule has 0 atom stereocenters. The molecule has 1 aromatic heterocycles. The van der Waals surface area contributed by atoms with Crippen LogP contribution in [0.1, 0.15) is 43.6 Å². The quantitative estimate of drug-likeness (QED) is 0.638. The maximum Gasteiger partial charge on any atom is 0.303 e. The van der Waals surface area contributed by atoms with Crippen LogP contribution in [-0.2, 0) is 19.6 Å². The first-order chi connectivity index (χ1) is 12.2. The lowest BCUT2D eigenvalue weighted by molar-refractivity contribution is -0.137. The zero-order chi connectivity index (χ0) is 19.3. The number of amides is 1. The minimum Gasteiger partial charge on any atom is -0.481 e. The zero-order valence-corrected chi connectivity index (χ0v) is 15.8. The van der Waals surface area contributed by atoms with Gasteiger partial charge in [-0.05, 0) is 39.5 Å². The van der Waals surface area contributed by atoms with Gasteiger partial charge in [-0.25, -0.2) is 8.42 Å². The van der Waals surface area contributed by atoms with Crippen molar-refractivity contribution < 1.29 is 27.6 Å². The molecule has 10 heteroatoms. The van der Waals surface area contributed by atoms with E-state index in [-0.39, 0.29) is 42.0 Å². The summed E-state index contributed by atoms with van der Waals surface area (Å²) in [4.78, 5) is 22.7. The molecule has 146 valence electrons. The third-order valence-corrected chi connectivity index (χ3v) is 6.65. The molecule has 1 aliphatic heterocycles. The lowest BCUT2D eigenvalue weighted by Gasteiger charge is -2.30. The van der Waals surface area contributed by atoms with Crippen molar-refractivity contribution in [1.82, 2.24) is 14.8 Å². The van der Waals surface area contributed by atoms with E-state index in [9.17, 15) is 18.0 Å². The summed E-state index contributed by atoms with van der Waals surface area (Å²) >= 11 is 0. The number of nitrogens with zero attached hydrogens (tertiary/aromatic N) is 2. The highest BCUT2D eigenvalue weighted by molar-refractivity contribution is 7.89. The minimum atomic E-state index is -3.67. The molecule has 1 fully saturated rings. The summed E-state index contributed by atoms with van der Waals surface area (Å²) < 4.78 is 31.8. The van der Waals surface area contributed by atoms with E-state index < -0.39 is 16.0 Å². The summed E-state index contributed by atoms with van der Waals surface area (Å²) in [5.74, 6) is -0.910. The van der Waals surface area contributed by atoms with E-state index in [1.54, 1.807) is 13.8 Å². The Balaban J connectivity index is 1.83. The number of hydrogen-bond donors (Lipinski definition) is 2. The molecule has 1 saturated heterocycles. The topological polar surface area (TPSA) is 130 Å². The van der Waals surface area contributed by atoms with E-state index in [2.05, 4.69) is 10.5 Å². The molecule has 0 saturated carbocycles. The number of carboxylic acids is 1. The molecular formula is C16H25N3O6S. The highest BCUT2D eigenvalue weighted by Crippen LogP contribution is 2.27. The number of sulfonamides is 1. The number of aryl methyl sites for hydroxylation is 2. The standard InChI is InChI=1S/C16H25N3O6S/c1-11-15(12(2)25-18-11)26(23,24)19-9-6-13(7-10-19)16(22)17-8-4-3-5-14(20)21/h13H,3-10H2,1-2H3,(H,17,22)(H,20,21). The molecule has 2 N–H and O–H groups in total. The van der Waals surface area contributed by atoms with E-state index in [1.807, 2.05) is 0 Å². The van der Waals surface area contributed by atoms with Crippen LogP contribution in [0.2, 0.25) is 0 Å². The molecule has 1 amide bonds. The fourth-order valence-electron chi connectivity index (χ4n) is 3.09. The third kappa shape index (κ3) is 4.82. The van der Waals surface area contributed by atoms with E-state index in [0.29, 0.717) is 37.9 Å². The molecule has 1 aliphatic rings. The van der Waals surface area contributed by atoms with Crippen LogP contribution in [0, 0.1) is 19.8 Å². The minimum absolute atomic E-state index is 0.0911. The van der Waals surface area contributed by atoms with Crippen LogP contribution < -0.4 is 5.32 Å². The van der Waals surface area contributed by atoms with Crippen LogP contribution in [0.3, 0.4) is 0 Å². The molecule has 1 aromatic rings. The largest absolute Gasteiger partial charge is 0.481 e. The maximum absolute atomic E-state index is 12.7. The first-order valence-electron chi connectivity index (χ1n) is 8.66. The highest BCUT2D eigenvalue weighted by Gasteiger charge is 2.35. The zero-order valence-electron chi connectivity index (χ0n) is 15.0. The van der Waals surface area contributed by atoms with E-state index in [4.69, 9.17) is 9.63 Å². The number of carbonyl (C=O) groups is 2. The summed E-state index contributed by atoms with van der Waals surface area (Å²) in [6.07, 6.45) is 2.11. The van der Waals surface area contributed by atoms with Gasteiger partial charge in [-0.15, -0.1) is 0 Å². The van der Waals surface area contributed by atoms with Gasteiger partial charge < -0.3 is 14.9 Å². The maximum atomic E-state index is 12.7. The molecule has 0 spiro atoms. The highest BCUT2D eigenvalue weighted by atomic mass is 32.2. The van der Waals surface area contributed by atoms with E-state index in [1.165, 1.54) is 4.31 Å². The number of hydrogen-bond acceptors (Lipinski definition) is 6. The molecule has 0 unspecified atom stereocenters. The van der Waals surface area contributed by atoms with Crippen molar-refractivity contribution in [3.8, 4) is 0 Å². The van der Waals surface area contributed by atoms with E-state index in [0.717, 1.165) is 0 Å². The van der Waals surface area contributed by atoms with Crippen molar-refractivity contribution in [3.05, 3.63) is 11.5 Å². The average Bonchev–Trinajstić information content (AvgIpc) is 2.93. The molecular weight excluding hydrogens is 362 g/mol. The molecule has 2 rings (SSSR count). The Hall–Kier alpha value is -1.94. The summed E-state index contributed by atoms with van der Waals surface area (Å²) in [5, 5.41) is 15.1. The van der Waals surface area contributed by atoms with Gasteiger partial charge in [-0.2, -0.15) is 4.31 Å². The van der Waals surface area contributed by atoms with Gasteiger partial charge in [-0.1, -0.05) is 5.16 Å². The third-order valence-electron chi connectivity index (χ3n) is 4.51. The van der Waals surface area contributed by atoms with Gasteiger partial charge in [0.1, 0.15) is 10.6 Å². The molecule has 26 heavy (non-hydrogen) atoms. The van der Waals surface area contributed by atoms with Gasteiger partial charge in [0.25, 0.3) is 0 Å². The molecule has 0 aliphatic carbocycles. The molecule has 0 aromatic carbocycles. The predicted octanol–water partition coefficient (Wildman–Crippen LogP) is 1.06. The van der Waals surface area contributed by atoms with Crippen LogP contribution in [0.15, 0.2) is 9.42 Å². The van der Waals surface area contributed by atoms with Gasteiger partial charge >= 0.3 is 5.97 Å². The van der Waals surface area contributed by atoms with E-state index >= 15 is 0 Å². The number of piperidine rings is 1. The van der Waals surface area contributed by atoms with Crippen LogP contribution in [0.5, 0.6) is 0 Å². The van der Waals surface area contributed by atoms with Crippen molar-refractivity contribution in [2.75, 3.05) is 19.6 Å². The van der Waals surface area contributed by atoms with Crippen LogP contribution in [-0.4, -0.2) is 54.5 Å². The monoisotopic (exact) mass is 387 g/mol. The average molecular weight is 387 g/mol. The van der Waals surface area contributed by atoms with Crippen LogP contribution in [0.25, 0.3) is 0 Å². The van der Waals surface area contributed by atoms with Gasteiger partial charge in [0.2, 0.25) is 15.9 Å². The Morgan fingerprint density at radius 3 is 2.46 bits per heavy atom. The first-order valence-corrected chi connectivity index (χ1v) is 10.1. The van der Waals surface area contributed by atoms with Crippen molar-refractivity contribution in [2.24, 2.45) is 5.92 Å². The number of carboxylic acid groups (broad SMARTS) is 1. The lowest BCUT2D eigenvalue weighted by Crippen LogP contribution is -2.43. The number of unbranched alkanes of at least 4 members (excludes halogenated alkanes) is 1. The number of rotatable bonds is 8. The second-order valence-corrected chi connectivity index (χ2v) is 8.35. The van der Waals surface area contributed by atoms with Crippen molar-refractivity contribution in [2.45, 2.75) is 50.8 Å². The summed E-state index contributed by atoms with van der Waals surface area (Å²) in [6.45, 7) is 4.13. The number of nitrogens with one attached hydrogen (secondary N) is 1. The van der Waals surface area contributed by atoms with Gasteiger partial charge in [0.05, 0.1) is 0 Å². The first kappa shape index (κ1) is 20.4. The van der Waals surface area contributed by atoms with Crippen molar-refractivity contribution >= 4 is 21.9 Å². The fourth-order valence-corrected chi connectivity index (χ4v) is 4.85. The Morgan fingerprint density at radius 2 is 1.92 bits per heavy atom. The summed E-state index contributed by atoms with van der Waals surface area (Å²) in [6, 6.07) is 0. The summed E-state index contributed by atoms with van der Waals surface area (Å²) in [7, 11) is -3.67. The Kier molecular flexibility index (Phi) is 6.76. The predicted molar refractivity (Wildman–Crippen MR) is 92.0 cm³/mol. The van der Waals surface area contributed by atoms with Crippen LogP contribution in [0.4, 0.5) is 0 Å². The van der Waals surface area contributed by atoms with Gasteiger partial charge in [0, 0.05) is 32.0 Å². The number of carbonyl (C=O) groups excluding carboxylic acids is 1. The second-order valence-electron chi connectivity index (χ2n) is 6.47. The lowest BCUT2D eigenvalue weighted by atomic mass is 9.97. The number of aliphatic carboxylic acids is 1. The van der Waals surface area contributed by atoms with Gasteiger partial charge in [0.15, 0.2) is 5.76 Å². The number of aromatic nitrogens is 1. The second kappa shape index (κ2) is 8.63.